The Bertz CT molecular complexity index is 191. The first-order chi connectivity index (χ1) is 7.75. The molecule has 5 nitrogen and oxygen atoms in total. The van der Waals surface area contributed by atoms with E-state index in [-0.39, 0.29) is 6.10 Å². The van der Waals surface area contributed by atoms with Crippen molar-refractivity contribution in [2.45, 2.75) is 18.1 Å². The van der Waals surface area contributed by atoms with Gasteiger partial charge < -0.3 is 18.9 Å². The molecule has 0 bridgehead atoms. The molecule has 16 heavy (non-hydrogen) atoms. The molecule has 0 amide bonds. The number of morpholine rings is 1. The fraction of sp³-hybridized carbons (Fsp3) is 1.00. The molecule has 1 rings (SSSR count). The van der Waals surface area contributed by atoms with Crippen molar-refractivity contribution in [1.82, 2.24) is 4.90 Å². The Kier molecular flexibility index (Phi) is 5.88. The largest absolute Gasteiger partial charge is 0.379 e. The summed E-state index contributed by atoms with van der Waals surface area (Å²) >= 11 is 0. The van der Waals surface area contributed by atoms with Gasteiger partial charge in [0.1, 0.15) is 6.10 Å². The van der Waals surface area contributed by atoms with Crippen LogP contribution in [-0.2, 0) is 18.9 Å². The molecule has 0 aromatic carbocycles. The van der Waals surface area contributed by atoms with Crippen molar-refractivity contribution in [2.75, 3.05) is 47.6 Å². The van der Waals surface area contributed by atoms with Crippen molar-refractivity contribution < 1.29 is 18.9 Å². The molecule has 0 N–H and O–H groups in total. The van der Waals surface area contributed by atoms with Gasteiger partial charge in [0.2, 0.25) is 0 Å². The second-order valence-electron chi connectivity index (χ2n) is 3.77. The van der Waals surface area contributed by atoms with Gasteiger partial charge in [0.05, 0.1) is 13.2 Å². The van der Waals surface area contributed by atoms with E-state index >= 15 is 0 Å². The van der Waals surface area contributed by atoms with Crippen LogP contribution in [0.2, 0.25) is 6.04 Å². The molecule has 1 saturated heterocycles. The van der Waals surface area contributed by atoms with Crippen LogP contribution in [0.3, 0.4) is 0 Å². The minimum atomic E-state index is -0.764. The van der Waals surface area contributed by atoms with Gasteiger partial charge in [0.15, 0.2) is 0 Å². The van der Waals surface area contributed by atoms with Crippen LogP contribution in [0.5, 0.6) is 0 Å². The molecule has 1 unspecified atom stereocenters. The highest BCUT2D eigenvalue weighted by atomic mass is 28.1. The van der Waals surface area contributed by atoms with Gasteiger partial charge in [-0.25, -0.2) is 4.90 Å². The number of methoxy groups -OCH3 is 3. The second-order valence-corrected chi connectivity index (χ2v) is 4.59. The van der Waals surface area contributed by atoms with Crippen LogP contribution in [0.1, 0.15) is 0 Å². The minimum Gasteiger partial charge on any atom is -0.379 e. The Morgan fingerprint density at radius 3 is 2.19 bits per heavy atom. The molecule has 96 valence electrons. The van der Waals surface area contributed by atoms with Gasteiger partial charge in [-0.1, -0.05) is 0 Å². The van der Waals surface area contributed by atoms with Gasteiger partial charge >= 0.3 is 0 Å². The Morgan fingerprint density at radius 2 is 1.81 bits per heavy atom. The van der Waals surface area contributed by atoms with E-state index in [1.54, 1.807) is 21.3 Å². The fourth-order valence-electron chi connectivity index (χ4n) is 2.26. The highest BCUT2D eigenvalue weighted by Crippen LogP contribution is 2.27. The van der Waals surface area contributed by atoms with E-state index in [0.717, 1.165) is 29.4 Å². The molecule has 0 saturated carbocycles. The molecule has 0 aromatic heterocycles. The number of hydrogen-bond donors (Lipinski definition) is 0. The Labute approximate surface area is 100 Å². The van der Waals surface area contributed by atoms with Gasteiger partial charge in [0, 0.05) is 44.7 Å². The van der Waals surface area contributed by atoms with Crippen molar-refractivity contribution in [3.05, 3.63) is 0 Å². The average molecular weight is 249 g/mol. The molecule has 1 fully saturated rings. The normalized spacial score (nSPS) is 21.2. The Hall–Kier alpha value is 0.0169. The van der Waals surface area contributed by atoms with E-state index in [0.29, 0.717) is 13.2 Å². The highest BCUT2D eigenvalue weighted by molar-refractivity contribution is 6.08. The Balaban J connectivity index is 2.83. The van der Waals surface area contributed by atoms with Crippen molar-refractivity contribution in [1.29, 1.82) is 0 Å². The van der Waals surface area contributed by atoms with Crippen LogP contribution >= 0.6 is 0 Å². The molecule has 1 heterocycles. The molecular formula is C10H23NO4Si. The average Bonchev–Trinajstić information content (AvgIpc) is 2.37. The smallest absolute Gasteiger partial charge is 0.256 e. The summed E-state index contributed by atoms with van der Waals surface area (Å²) in [5.74, 6) is -0.764. The predicted molar refractivity (Wildman–Crippen MR) is 64.7 cm³/mol. The van der Waals surface area contributed by atoms with Crippen molar-refractivity contribution in [3.63, 3.8) is 0 Å². The first-order valence-corrected chi connectivity index (χ1v) is 7.12. The predicted octanol–water partition coefficient (Wildman–Crippen LogP) is -0.936. The maximum absolute atomic E-state index is 5.62. The summed E-state index contributed by atoms with van der Waals surface area (Å²) in [5.41, 5.74) is 0. The lowest BCUT2D eigenvalue weighted by Crippen LogP contribution is -2.62. The van der Waals surface area contributed by atoms with Crippen LogP contribution in [0, 0.1) is 0 Å². The highest BCUT2D eigenvalue weighted by Gasteiger charge is 2.45. The minimum absolute atomic E-state index is 0.0488. The summed E-state index contributed by atoms with van der Waals surface area (Å²) in [6, 6.07) is 0.968. The second kappa shape index (κ2) is 6.68. The van der Waals surface area contributed by atoms with Crippen LogP contribution in [0.4, 0.5) is 0 Å². The van der Waals surface area contributed by atoms with Crippen LogP contribution < -0.4 is 0 Å². The van der Waals surface area contributed by atoms with Crippen molar-refractivity contribution in [2.24, 2.45) is 0 Å². The van der Waals surface area contributed by atoms with Crippen LogP contribution in [-0.4, -0.2) is 74.8 Å². The topological polar surface area (TPSA) is 40.2 Å². The zero-order valence-corrected chi connectivity index (χ0v) is 12.7. The van der Waals surface area contributed by atoms with Crippen LogP contribution in [0.15, 0.2) is 0 Å². The lowest BCUT2D eigenvalue weighted by Gasteiger charge is -2.46. The van der Waals surface area contributed by atoms with Gasteiger partial charge in [-0.2, -0.15) is 0 Å². The first kappa shape index (κ1) is 14.1. The number of rotatable bonds is 6. The molecule has 1 atom stereocenters. The van der Waals surface area contributed by atoms with Gasteiger partial charge in [-0.05, 0) is 6.04 Å². The molecule has 1 aliphatic heterocycles. The fourth-order valence-corrected chi connectivity index (χ4v) is 3.11. The van der Waals surface area contributed by atoms with Gasteiger partial charge in [-0.15, -0.1) is 0 Å². The molecule has 0 aliphatic carbocycles. The quantitative estimate of drug-likeness (QED) is 0.449. The summed E-state index contributed by atoms with van der Waals surface area (Å²) in [6.45, 7) is 3.05. The van der Waals surface area contributed by atoms with Crippen molar-refractivity contribution in [3.8, 4) is 0 Å². The van der Waals surface area contributed by atoms with Gasteiger partial charge in [0.25, 0.3) is 5.91 Å². The summed E-state index contributed by atoms with van der Waals surface area (Å²) in [6.07, 6.45) is -0.0488. The number of ether oxygens (including phenoxy) is 4. The lowest BCUT2D eigenvalue weighted by atomic mass is 10.2. The van der Waals surface area contributed by atoms with Crippen molar-refractivity contribution >= 4 is 10.2 Å². The van der Waals surface area contributed by atoms with E-state index in [9.17, 15) is 0 Å². The zero-order valence-electron chi connectivity index (χ0n) is 10.7. The molecule has 1 aliphatic rings. The zero-order chi connectivity index (χ0) is 12.0. The third kappa shape index (κ3) is 2.64. The maximum Gasteiger partial charge on any atom is 0.256 e. The van der Waals surface area contributed by atoms with E-state index in [4.69, 9.17) is 18.9 Å². The summed E-state index contributed by atoms with van der Waals surface area (Å²) in [4.78, 5) is 2.16. The van der Waals surface area contributed by atoms with E-state index < -0.39 is 5.91 Å². The summed E-state index contributed by atoms with van der Waals surface area (Å²) < 4.78 is 22.1. The van der Waals surface area contributed by atoms with E-state index in [1.807, 2.05) is 0 Å². The van der Waals surface area contributed by atoms with Gasteiger partial charge in [-0.3, -0.25) is 0 Å². The third-order valence-corrected chi connectivity index (χ3v) is 3.84. The summed E-state index contributed by atoms with van der Waals surface area (Å²) in [7, 11) is 6.09. The van der Waals surface area contributed by atoms with E-state index in [1.165, 1.54) is 0 Å². The molecule has 0 spiro atoms. The standard InChI is InChI=1S/C10H23NO4Si/c1-12-9(8-16)10(13-2,14-3)11-4-6-15-7-5-11/h9H,4-8H2,1-3,16H3. The SMILES string of the molecule is COC(C[SiH3])C(OC)(OC)N1CCOCC1. The molecule has 6 heteroatoms. The maximum atomic E-state index is 5.62. The molecule has 0 radical (unpaired) electrons. The first-order valence-electron chi connectivity index (χ1n) is 5.71. The molecule has 0 aromatic rings. The number of hydrogen-bond acceptors (Lipinski definition) is 5. The number of nitrogens with zero attached hydrogens (tertiary/aromatic N) is 1. The summed E-state index contributed by atoms with van der Waals surface area (Å²) in [5, 5.41) is 0. The lowest BCUT2D eigenvalue weighted by molar-refractivity contribution is -0.344. The Morgan fingerprint density at radius 1 is 1.25 bits per heavy atom. The third-order valence-electron chi connectivity index (χ3n) is 3.10. The molecular weight excluding hydrogens is 226 g/mol. The van der Waals surface area contributed by atoms with Crippen LogP contribution in [0.25, 0.3) is 0 Å². The van der Waals surface area contributed by atoms with E-state index in [2.05, 4.69) is 4.90 Å². The monoisotopic (exact) mass is 249 g/mol.